The van der Waals surface area contributed by atoms with Crippen LogP contribution in [0.4, 0.5) is 19.0 Å². The maximum absolute atomic E-state index is 12.3. The molecule has 1 N–H and O–H groups in total. The van der Waals surface area contributed by atoms with Crippen molar-refractivity contribution in [3.63, 3.8) is 0 Å². The Hall–Kier alpha value is -3.50. The smallest absolute Gasteiger partial charge is 0.361 e. The minimum atomic E-state index is -4.27. The van der Waals surface area contributed by atoms with Gasteiger partial charge in [-0.1, -0.05) is 6.07 Å². The zero-order chi connectivity index (χ0) is 21.8. The Morgan fingerprint density at radius 2 is 1.94 bits per heavy atom. The summed E-state index contributed by atoms with van der Waals surface area (Å²) in [6.07, 6.45) is -1.72. The van der Waals surface area contributed by atoms with Gasteiger partial charge >= 0.3 is 6.18 Å². The lowest BCUT2D eigenvalue weighted by Crippen LogP contribution is -2.21. The van der Waals surface area contributed by atoms with Gasteiger partial charge in [-0.25, -0.2) is 4.98 Å². The number of halogens is 3. The fourth-order valence-corrected chi connectivity index (χ4v) is 3.75. The number of hydrogen-bond donors (Lipinski definition) is 1. The zero-order valence-electron chi connectivity index (χ0n) is 16.8. The van der Waals surface area contributed by atoms with Gasteiger partial charge in [0.1, 0.15) is 18.1 Å². The number of pyridine rings is 1. The molecule has 1 aliphatic rings. The maximum Gasteiger partial charge on any atom is 0.405 e. The summed E-state index contributed by atoms with van der Waals surface area (Å²) >= 11 is 0. The second-order valence-electron chi connectivity index (χ2n) is 7.71. The third kappa shape index (κ3) is 3.82. The normalized spacial score (nSPS) is 18.5. The van der Waals surface area contributed by atoms with Crippen molar-refractivity contribution in [1.82, 2.24) is 34.6 Å². The molecule has 2 atom stereocenters. The van der Waals surface area contributed by atoms with Crippen molar-refractivity contribution in [3.8, 4) is 11.4 Å². The molecule has 31 heavy (non-hydrogen) atoms. The molecule has 4 heterocycles. The number of nitrogens with one attached hydrogen (secondary N) is 1. The van der Waals surface area contributed by atoms with Gasteiger partial charge in [0.25, 0.3) is 0 Å². The Morgan fingerprint density at radius 1 is 1.10 bits per heavy atom. The Morgan fingerprint density at radius 3 is 2.68 bits per heavy atom. The second-order valence-corrected chi connectivity index (χ2v) is 7.71. The first-order valence-corrected chi connectivity index (χ1v) is 9.78. The number of rotatable bonds is 5. The molecule has 4 aromatic rings. The molecule has 0 radical (unpaired) electrons. The molecule has 0 bridgehead atoms. The molecular weight excluding hydrogens is 409 g/mol. The van der Waals surface area contributed by atoms with Crippen molar-refractivity contribution in [1.29, 1.82) is 0 Å². The van der Waals surface area contributed by atoms with Crippen LogP contribution >= 0.6 is 0 Å². The van der Waals surface area contributed by atoms with Crippen LogP contribution in [0, 0.1) is 6.92 Å². The van der Waals surface area contributed by atoms with Crippen molar-refractivity contribution in [3.05, 3.63) is 53.6 Å². The van der Waals surface area contributed by atoms with Gasteiger partial charge in [-0.05, 0) is 49.1 Å². The van der Waals surface area contributed by atoms with Gasteiger partial charge in [-0.3, -0.25) is 4.68 Å². The molecule has 5 rings (SSSR count). The Bertz CT molecular complexity index is 1240. The fraction of sp³-hybridized carbons (Fsp3) is 0.350. The van der Waals surface area contributed by atoms with Gasteiger partial charge < -0.3 is 5.32 Å². The summed E-state index contributed by atoms with van der Waals surface area (Å²) < 4.78 is 40.5. The number of alkyl halides is 3. The third-order valence-electron chi connectivity index (χ3n) is 5.43. The van der Waals surface area contributed by atoms with Crippen LogP contribution in [0.25, 0.3) is 17.0 Å². The predicted molar refractivity (Wildman–Crippen MR) is 107 cm³/mol. The second kappa shape index (κ2) is 7.03. The standard InChI is InChI=1S/C20H19F3N8/c1-11-26-27-19-6-4-15(29-31(11)19)17-8-16(28-30(17)2)14-7-13(14)12-3-5-18(24-9-12)25-10-20(21,22)23/h3-6,8-9,13-14H,7,10H2,1-2H3,(H,24,25). The molecule has 0 aromatic carbocycles. The zero-order valence-corrected chi connectivity index (χ0v) is 16.8. The molecule has 1 aliphatic carbocycles. The molecule has 0 saturated heterocycles. The highest BCUT2D eigenvalue weighted by molar-refractivity contribution is 5.57. The monoisotopic (exact) mass is 428 g/mol. The quantitative estimate of drug-likeness (QED) is 0.524. The summed E-state index contributed by atoms with van der Waals surface area (Å²) in [7, 11) is 1.88. The molecule has 4 aromatic heterocycles. The number of aromatic nitrogens is 7. The lowest BCUT2D eigenvalue weighted by molar-refractivity contribution is -0.115. The molecule has 1 fully saturated rings. The number of fused-ring (bicyclic) bond motifs is 1. The summed E-state index contributed by atoms with van der Waals surface area (Å²) in [5.74, 6) is 1.42. The van der Waals surface area contributed by atoms with Crippen molar-refractivity contribution in [2.75, 3.05) is 11.9 Å². The number of aryl methyl sites for hydroxylation is 2. The van der Waals surface area contributed by atoms with Crippen LogP contribution in [-0.2, 0) is 7.05 Å². The van der Waals surface area contributed by atoms with Crippen molar-refractivity contribution in [2.24, 2.45) is 7.05 Å². The molecule has 1 saturated carbocycles. The summed E-state index contributed by atoms with van der Waals surface area (Å²) in [6, 6.07) is 9.21. The van der Waals surface area contributed by atoms with Gasteiger partial charge in [0.15, 0.2) is 11.5 Å². The fourth-order valence-electron chi connectivity index (χ4n) is 3.75. The SMILES string of the molecule is Cc1nnc2ccc(-c3cc(C4CC4c4ccc(NCC(F)(F)F)nc4)nn3C)nn12. The van der Waals surface area contributed by atoms with Gasteiger partial charge in [-0.2, -0.15) is 27.9 Å². The Labute approximate surface area is 175 Å². The molecule has 11 heteroatoms. The van der Waals surface area contributed by atoms with Crippen LogP contribution in [0.5, 0.6) is 0 Å². The van der Waals surface area contributed by atoms with E-state index in [1.165, 1.54) is 0 Å². The minimum absolute atomic E-state index is 0.212. The summed E-state index contributed by atoms with van der Waals surface area (Å²) in [5, 5.41) is 19.7. The first-order valence-electron chi connectivity index (χ1n) is 9.78. The molecular formula is C20H19F3N8. The van der Waals surface area contributed by atoms with Crippen LogP contribution in [0.2, 0.25) is 0 Å². The van der Waals surface area contributed by atoms with E-state index in [1.54, 1.807) is 21.5 Å². The lowest BCUT2D eigenvalue weighted by Gasteiger charge is -2.09. The topological polar surface area (TPSA) is 85.8 Å². The van der Waals surface area contributed by atoms with Crippen molar-refractivity contribution >= 4 is 11.5 Å². The Kier molecular flexibility index (Phi) is 4.42. The largest absolute Gasteiger partial charge is 0.405 e. The average Bonchev–Trinajstić information content (AvgIpc) is 3.32. The molecule has 0 spiro atoms. The van der Waals surface area contributed by atoms with Crippen LogP contribution in [0.1, 0.15) is 35.3 Å². The van der Waals surface area contributed by atoms with E-state index in [-0.39, 0.29) is 17.7 Å². The first-order chi connectivity index (χ1) is 14.8. The van der Waals surface area contributed by atoms with E-state index >= 15 is 0 Å². The van der Waals surface area contributed by atoms with Crippen LogP contribution in [0.15, 0.2) is 36.5 Å². The highest BCUT2D eigenvalue weighted by Gasteiger charge is 2.41. The third-order valence-corrected chi connectivity index (χ3v) is 5.43. The lowest BCUT2D eigenvalue weighted by atomic mass is 10.1. The van der Waals surface area contributed by atoms with Gasteiger partial charge in [-0.15, -0.1) is 10.2 Å². The van der Waals surface area contributed by atoms with E-state index < -0.39 is 12.7 Å². The first kappa shape index (κ1) is 19.5. The molecule has 0 amide bonds. The number of hydrogen-bond acceptors (Lipinski definition) is 6. The van der Waals surface area contributed by atoms with E-state index in [0.29, 0.717) is 11.5 Å². The highest BCUT2D eigenvalue weighted by Crippen LogP contribution is 2.54. The van der Waals surface area contributed by atoms with Crippen molar-refractivity contribution < 1.29 is 13.2 Å². The predicted octanol–water partition coefficient (Wildman–Crippen LogP) is 3.47. The molecule has 160 valence electrons. The summed E-state index contributed by atoms with van der Waals surface area (Å²) in [5.41, 5.74) is 4.31. The van der Waals surface area contributed by atoms with Crippen LogP contribution in [-0.4, -0.2) is 47.3 Å². The summed E-state index contributed by atoms with van der Waals surface area (Å²) in [6.45, 7) is 0.745. The maximum atomic E-state index is 12.3. The minimum Gasteiger partial charge on any atom is -0.361 e. The van der Waals surface area contributed by atoms with E-state index in [1.807, 2.05) is 38.2 Å². The van der Waals surface area contributed by atoms with Crippen LogP contribution in [0.3, 0.4) is 0 Å². The summed E-state index contributed by atoms with van der Waals surface area (Å²) in [4.78, 5) is 4.11. The number of nitrogens with zero attached hydrogens (tertiary/aromatic N) is 7. The average molecular weight is 428 g/mol. The molecule has 8 nitrogen and oxygen atoms in total. The van der Waals surface area contributed by atoms with Crippen LogP contribution < -0.4 is 5.32 Å². The van der Waals surface area contributed by atoms with Gasteiger partial charge in [0.2, 0.25) is 0 Å². The van der Waals surface area contributed by atoms with E-state index in [2.05, 4.69) is 30.7 Å². The van der Waals surface area contributed by atoms with Gasteiger partial charge in [0, 0.05) is 19.2 Å². The highest BCUT2D eigenvalue weighted by atomic mass is 19.4. The van der Waals surface area contributed by atoms with Crippen molar-refractivity contribution in [2.45, 2.75) is 31.4 Å². The molecule has 0 aliphatic heterocycles. The van der Waals surface area contributed by atoms with E-state index in [0.717, 1.165) is 29.1 Å². The Balaban J connectivity index is 1.32. The molecule has 2 unspecified atom stereocenters. The van der Waals surface area contributed by atoms with Gasteiger partial charge in [0.05, 0.1) is 11.4 Å². The van der Waals surface area contributed by atoms with E-state index in [9.17, 15) is 13.2 Å². The number of anilines is 1. The van der Waals surface area contributed by atoms with E-state index in [4.69, 9.17) is 0 Å².